The third kappa shape index (κ3) is 991. The van der Waals surface area contributed by atoms with Gasteiger partial charge >= 0.3 is 0 Å². The molecule has 0 fully saturated rings. The summed E-state index contributed by atoms with van der Waals surface area (Å²) in [4.78, 5) is 0. The fourth-order valence-electron chi connectivity index (χ4n) is 0. The van der Waals surface area contributed by atoms with Crippen LogP contribution in [0, 0.1) is 0 Å². The Morgan fingerprint density at radius 2 is 0.00752 bits per heavy atom. The monoisotopic (exact) mass is 11800 g/mol. The minimum Gasteiger partial charge on any atom is 0 e. The van der Waals surface area contributed by atoms with Crippen molar-refractivity contribution in [1.29, 1.82) is 0 Å². The SMILES string of the molecule is [Y].[Y].[Y].[Y].[Y].[Y].[Y].[Y].[Y].[Y].[Y].[Y].[Y].[Y].[Y].[Y].[Y].[Y].[Y].[Y].[Y].[Y].[Y].[Y].[Y].[Y].[Y].[Y].[Y].[Y].[Y].[Y].[Y].[Y].[Y].[Y].[Y].[Y].[Y].[Y].[Y].[Y].[Y].[Y].[Y].[Y].[Y].[Y].[Y].[Y].[Y].[Y].[Y].[Y].[Y].[Y].[Y].[Y].[Y].[Y].[Y].[Y].[Y].[Y].[Y].[Y].[Y].[Y].[Y].[Y].[Y].[Y].[Y].[Y].[Y].[Y].[Y].[Y].[Y].[Y].[Y].[Y].[Y].[Y].[Y].[Y].[Y].[Y].[Y].[Y].[Y].[Y].[Y].[Y].[Y].[Y].[Y].[Y].[Y].[Y].[Y].[Y].[Y].[Y].[Y].[Y].[Y].[Y].[Y].[Y].[Y].[Y].[Y].[Y].[Y].[Y].[Y].[Y].[Y].[Y].[Y].[Y].[Y].[Y].[Y].[Y].[Y].[Y].[Y].[Y].[Y].[Y].[Y]. The van der Waals surface area contributed by atoms with E-state index in [2.05, 4.69) is 0 Å². The smallest absolute Gasteiger partial charge is 0 e. The molecule has 0 aromatic rings. The quantitative estimate of drug-likeness (QED) is 0.313. The summed E-state index contributed by atoms with van der Waals surface area (Å²) in [6.45, 7) is 0. The Hall–Kier alpha value is 147. The van der Waals surface area contributed by atoms with E-state index in [9.17, 15) is 0 Å². The summed E-state index contributed by atoms with van der Waals surface area (Å²) in [6.07, 6.45) is 0. The average molecular weight is 11800 g/mol. The van der Waals surface area contributed by atoms with Gasteiger partial charge in [0.15, 0.2) is 0 Å². The fraction of sp³-hybridized carbons (Fsp3) is 0. The molecule has 0 N–H and O–H groups in total. The largest absolute Gasteiger partial charge is 0 e. The summed E-state index contributed by atoms with van der Waals surface area (Å²) < 4.78 is 0. The Balaban J connectivity index is 0. The van der Waals surface area contributed by atoms with E-state index in [-0.39, 0.29) is 4350 Å². The molecule has 0 saturated carbocycles. The Morgan fingerprint density at radius 3 is 0.00752 bits per heavy atom. The molecule has 0 nitrogen and oxygen atoms in total. The molecule has 0 spiro atoms. The molecule has 0 aliphatic rings. The zero-order valence-electron chi connectivity index (χ0n) is 76.8. The van der Waals surface area contributed by atoms with Crippen LogP contribution in [0.3, 0.4) is 0 Å². The molecular formula is Y133. The van der Waals surface area contributed by atoms with Crippen molar-refractivity contribution in [2.75, 3.05) is 0 Å². The minimum atomic E-state index is 0. The maximum atomic E-state index is 0. The zero-order chi connectivity index (χ0) is 0. The topological polar surface area (TPSA) is 0 Å². The van der Waals surface area contributed by atoms with E-state index in [4.69, 9.17) is 0 Å². The van der Waals surface area contributed by atoms with Crippen molar-refractivity contribution < 1.29 is 4350 Å². The first kappa shape index (κ1) is 1010. The first-order valence-electron chi connectivity index (χ1n) is 0. The molecule has 0 heterocycles. The molecule has 133 radical (unpaired) electrons. The minimum absolute atomic E-state index is 0. The first-order valence-corrected chi connectivity index (χ1v) is 0. The maximum Gasteiger partial charge on any atom is 0 e. The molecule has 0 rings (SSSR count). The summed E-state index contributed by atoms with van der Waals surface area (Å²) in [7, 11) is 0. The van der Waals surface area contributed by atoms with Gasteiger partial charge in [0.25, 0.3) is 0 Å². The Kier molecular flexibility index (Phi) is 7580. The molecule has 0 aromatic heterocycles. The van der Waals surface area contributed by atoms with Crippen LogP contribution in [-0.4, -0.2) is 0 Å². The summed E-state index contributed by atoms with van der Waals surface area (Å²) >= 11 is 0. The van der Waals surface area contributed by atoms with Gasteiger partial charge in [-0.3, -0.25) is 0 Å². The second kappa shape index (κ2) is 998. The van der Waals surface area contributed by atoms with Gasteiger partial charge in [-0.15, -0.1) is 0 Å². The molecule has 0 amide bonds. The van der Waals surface area contributed by atoms with Crippen molar-refractivity contribution >= 4 is 0 Å². The average Bonchev–Trinajstić information content (AvgIpc) is 0. The van der Waals surface area contributed by atoms with Crippen LogP contribution in [0.1, 0.15) is 0 Å². The summed E-state index contributed by atoms with van der Waals surface area (Å²) in [6, 6.07) is 0. The summed E-state index contributed by atoms with van der Waals surface area (Å²) in [5.41, 5.74) is 0. The summed E-state index contributed by atoms with van der Waals surface area (Å²) in [5, 5.41) is 0. The standard InChI is InChI=1S/133Y. The van der Waals surface area contributed by atoms with Gasteiger partial charge in [0, 0.05) is 4350 Å². The van der Waals surface area contributed by atoms with Crippen LogP contribution in [0.4, 0.5) is 0 Å². The zero-order valence-corrected chi connectivity index (χ0v) is 454. The van der Waals surface area contributed by atoms with Crippen molar-refractivity contribution in [3.8, 4) is 0 Å². The molecule has 0 aromatic carbocycles. The van der Waals surface area contributed by atoms with Crippen LogP contribution in [-0.2, 0) is 4350 Å². The van der Waals surface area contributed by atoms with Gasteiger partial charge in [-0.25, -0.2) is 0 Å². The fourth-order valence-corrected chi connectivity index (χ4v) is 0. The van der Waals surface area contributed by atoms with Crippen LogP contribution in [0.5, 0.6) is 0 Å². The molecule has 0 aliphatic carbocycles. The van der Waals surface area contributed by atoms with E-state index in [0.717, 1.165) is 0 Å². The molecule has 0 aliphatic heterocycles. The third-order valence-corrected chi connectivity index (χ3v) is 0. The predicted molar refractivity (Wildman–Crippen MR) is 0 cm³/mol. The van der Waals surface area contributed by atoms with E-state index in [1.807, 2.05) is 0 Å². The van der Waals surface area contributed by atoms with E-state index < -0.39 is 0 Å². The summed E-state index contributed by atoms with van der Waals surface area (Å²) in [5.74, 6) is 0. The molecule has 0 saturated heterocycles. The second-order valence-corrected chi connectivity index (χ2v) is 0. The van der Waals surface area contributed by atoms with Gasteiger partial charge in [0.2, 0.25) is 0 Å². The van der Waals surface area contributed by atoms with Crippen molar-refractivity contribution in [3.63, 3.8) is 0 Å². The predicted octanol–water partition coefficient (Wildman–Crippen LogP) is -0.333. The van der Waals surface area contributed by atoms with Crippen LogP contribution in [0.2, 0.25) is 0 Å². The van der Waals surface area contributed by atoms with Crippen LogP contribution >= 0.6 is 0 Å². The molecule has 0 bridgehead atoms. The van der Waals surface area contributed by atoms with Crippen LogP contribution < -0.4 is 0 Å². The van der Waals surface area contributed by atoms with Crippen molar-refractivity contribution in [2.45, 2.75) is 0 Å². The van der Waals surface area contributed by atoms with Crippen LogP contribution in [0.15, 0.2) is 0 Å². The molecule has 133 heteroatoms. The molecule has 0 atom stereocenters. The van der Waals surface area contributed by atoms with Gasteiger partial charge in [-0.2, -0.15) is 0 Å². The molecule has 399 valence electrons. The van der Waals surface area contributed by atoms with Gasteiger partial charge in [-0.1, -0.05) is 0 Å². The van der Waals surface area contributed by atoms with Gasteiger partial charge < -0.3 is 0 Å². The normalized spacial score (nSPS) is 0. The van der Waals surface area contributed by atoms with E-state index in [0.29, 0.717) is 0 Å². The van der Waals surface area contributed by atoms with Crippen LogP contribution in [0.25, 0.3) is 0 Å². The molecule has 133 heavy (non-hydrogen) atoms. The van der Waals surface area contributed by atoms with E-state index >= 15 is 0 Å². The van der Waals surface area contributed by atoms with Gasteiger partial charge in [0.05, 0.1) is 0 Å². The first-order chi connectivity index (χ1) is 0. The Labute approximate surface area is 4180 Å². The Morgan fingerprint density at radius 1 is 0.00752 bits per heavy atom. The van der Waals surface area contributed by atoms with Gasteiger partial charge in [0.1, 0.15) is 0 Å². The molecular weight excluding hydrogens is 11800 g/mol. The number of hydrogen-bond acceptors (Lipinski definition) is 0. The second-order valence-electron chi connectivity index (χ2n) is 0. The van der Waals surface area contributed by atoms with Crippen molar-refractivity contribution in [3.05, 3.63) is 0 Å². The number of rotatable bonds is 0. The number of hydrogen-bond donors (Lipinski definition) is 0. The maximum absolute atomic E-state index is 0. The van der Waals surface area contributed by atoms with Crippen molar-refractivity contribution in [1.82, 2.24) is 0 Å². The third-order valence-electron chi connectivity index (χ3n) is 0. The van der Waals surface area contributed by atoms with E-state index in [1.54, 1.807) is 0 Å². The Bertz CT molecular complexity index is 0. The van der Waals surface area contributed by atoms with E-state index in [1.165, 1.54) is 0 Å². The van der Waals surface area contributed by atoms with Gasteiger partial charge in [-0.05, 0) is 0 Å². The van der Waals surface area contributed by atoms with Crippen molar-refractivity contribution in [2.24, 2.45) is 0 Å². The molecule has 0 unspecified atom stereocenters.